The maximum Gasteiger partial charge on any atom is 0.108 e. The van der Waals surface area contributed by atoms with E-state index in [4.69, 9.17) is 0 Å². The average molecular weight is 538 g/mol. The van der Waals surface area contributed by atoms with Gasteiger partial charge in [-0.05, 0) is 78.6 Å². The molecule has 0 amide bonds. The Kier molecular flexibility index (Phi) is 6.46. The van der Waals surface area contributed by atoms with E-state index in [2.05, 4.69) is 176 Å². The average Bonchev–Trinajstić information content (AvgIpc) is 3.34. The summed E-state index contributed by atoms with van der Waals surface area (Å²) in [5, 5.41) is 0. The monoisotopic (exact) mass is 537 g/mol. The third-order valence-electron chi connectivity index (χ3n) is 8.25. The van der Waals surface area contributed by atoms with Crippen LogP contribution in [-0.2, 0) is 5.41 Å². The molecule has 0 radical (unpaired) electrons. The Morgan fingerprint density at radius 3 is 1.69 bits per heavy atom. The maximum absolute atomic E-state index is 3.83. The molecule has 0 aliphatic heterocycles. The smallest absolute Gasteiger partial charge is 0.108 e. The van der Waals surface area contributed by atoms with Gasteiger partial charge in [-0.3, -0.25) is 0 Å². The summed E-state index contributed by atoms with van der Waals surface area (Å²) in [5.74, 6) is 7.40. The third-order valence-corrected chi connectivity index (χ3v) is 8.25. The molecular weight excluding hydrogens is 506 g/mol. The lowest BCUT2D eigenvalue weighted by Crippen LogP contribution is -2.25. The van der Waals surface area contributed by atoms with Crippen molar-refractivity contribution in [3.63, 3.8) is 0 Å². The molecule has 1 heteroatoms. The molecule has 6 aromatic rings. The second kappa shape index (κ2) is 10.6. The molecule has 1 aliphatic carbocycles. The SMILES string of the molecule is Cc1ccc(N(c2ccc(C)cc2)c2cccc3c2-c2ccccc2C3(C#Cc2ccccc2)c2ccccc2)cc1. The maximum atomic E-state index is 3.83. The predicted molar refractivity (Wildman–Crippen MR) is 176 cm³/mol. The molecule has 6 aromatic carbocycles. The van der Waals surface area contributed by atoms with Crippen LogP contribution in [0.1, 0.15) is 33.4 Å². The van der Waals surface area contributed by atoms with Gasteiger partial charge in [0.05, 0.1) is 5.69 Å². The first-order valence-electron chi connectivity index (χ1n) is 14.5. The zero-order chi connectivity index (χ0) is 28.5. The first kappa shape index (κ1) is 25.6. The van der Waals surface area contributed by atoms with Crippen molar-refractivity contribution in [1.82, 2.24) is 0 Å². The van der Waals surface area contributed by atoms with Crippen molar-refractivity contribution in [1.29, 1.82) is 0 Å². The summed E-state index contributed by atoms with van der Waals surface area (Å²) in [4.78, 5) is 2.39. The molecule has 1 atom stereocenters. The highest BCUT2D eigenvalue weighted by Crippen LogP contribution is 2.56. The standard InChI is InChI=1S/C41H31N/c1-30-20-24-34(25-21-30)42(35-26-22-31(2)23-27-35)39-19-11-18-38-40(39)36-16-9-10-17-37(36)41(38,33-14-7-4-8-15-33)29-28-32-12-5-3-6-13-32/h3-27H,1-2H3. The minimum Gasteiger partial charge on any atom is -0.310 e. The van der Waals surface area contributed by atoms with E-state index in [9.17, 15) is 0 Å². The van der Waals surface area contributed by atoms with Crippen molar-refractivity contribution in [2.45, 2.75) is 19.3 Å². The minimum absolute atomic E-state index is 0.620. The quantitative estimate of drug-likeness (QED) is 0.202. The highest BCUT2D eigenvalue weighted by Gasteiger charge is 2.45. The van der Waals surface area contributed by atoms with Gasteiger partial charge in [0.25, 0.3) is 0 Å². The molecule has 1 unspecified atom stereocenters. The first-order chi connectivity index (χ1) is 20.6. The molecule has 0 N–H and O–H groups in total. The number of anilines is 3. The van der Waals surface area contributed by atoms with E-state index >= 15 is 0 Å². The van der Waals surface area contributed by atoms with Crippen LogP contribution in [-0.4, -0.2) is 0 Å². The van der Waals surface area contributed by atoms with Crippen LogP contribution in [0.15, 0.2) is 152 Å². The van der Waals surface area contributed by atoms with E-state index in [1.54, 1.807) is 0 Å². The van der Waals surface area contributed by atoms with Crippen molar-refractivity contribution < 1.29 is 0 Å². The number of nitrogens with zero attached hydrogens (tertiary/aromatic N) is 1. The van der Waals surface area contributed by atoms with Crippen LogP contribution in [0.2, 0.25) is 0 Å². The molecule has 0 saturated heterocycles. The molecule has 0 heterocycles. The van der Waals surface area contributed by atoms with Gasteiger partial charge in [-0.1, -0.05) is 132 Å². The number of aryl methyl sites for hydroxylation is 2. The van der Waals surface area contributed by atoms with E-state index in [0.29, 0.717) is 0 Å². The first-order valence-corrected chi connectivity index (χ1v) is 14.5. The summed E-state index contributed by atoms with van der Waals surface area (Å²) < 4.78 is 0. The fourth-order valence-corrected chi connectivity index (χ4v) is 6.20. The summed E-state index contributed by atoms with van der Waals surface area (Å²) in [6.45, 7) is 4.27. The normalized spacial score (nSPS) is 14.8. The Morgan fingerprint density at radius 1 is 0.500 bits per heavy atom. The van der Waals surface area contributed by atoms with Gasteiger partial charge < -0.3 is 4.90 Å². The number of hydrogen-bond donors (Lipinski definition) is 0. The van der Waals surface area contributed by atoms with Crippen LogP contribution < -0.4 is 4.90 Å². The molecular formula is C41H31N. The predicted octanol–water partition coefficient (Wildman–Crippen LogP) is 10.1. The van der Waals surface area contributed by atoms with Gasteiger partial charge in [-0.2, -0.15) is 0 Å². The second-order valence-electron chi connectivity index (χ2n) is 11.0. The molecule has 0 fully saturated rings. The lowest BCUT2D eigenvalue weighted by Gasteiger charge is -2.30. The van der Waals surface area contributed by atoms with Gasteiger partial charge in [0, 0.05) is 22.5 Å². The van der Waals surface area contributed by atoms with Crippen LogP contribution in [0.25, 0.3) is 11.1 Å². The van der Waals surface area contributed by atoms with Gasteiger partial charge in [-0.25, -0.2) is 0 Å². The van der Waals surface area contributed by atoms with Crippen molar-refractivity contribution in [3.8, 4) is 23.0 Å². The van der Waals surface area contributed by atoms with Gasteiger partial charge in [0.1, 0.15) is 5.41 Å². The molecule has 1 nitrogen and oxygen atoms in total. The topological polar surface area (TPSA) is 3.24 Å². The Balaban J connectivity index is 1.55. The third kappa shape index (κ3) is 4.30. The van der Waals surface area contributed by atoms with Crippen molar-refractivity contribution >= 4 is 17.1 Å². The molecule has 0 spiro atoms. The Hall–Kier alpha value is -5.32. The highest BCUT2D eigenvalue weighted by molar-refractivity contribution is 5.97. The summed E-state index contributed by atoms with van der Waals surface area (Å²) in [7, 11) is 0. The summed E-state index contributed by atoms with van der Waals surface area (Å²) in [6, 6.07) is 54.2. The number of hydrogen-bond acceptors (Lipinski definition) is 1. The lowest BCUT2D eigenvalue weighted by atomic mass is 9.73. The molecule has 1 aliphatic rings. The Bertz CT molecular complexity index is 1880. The van der Waals surface area contributed by atoms with Crippen molar-refractivity contribution in [2.75, 3.05) is 4.90 Å². The zero-order valence-corrected chi connectivity index (χ0v) is 23.9. The van der Waals surface area contributed by atoms with Crippen LogP contribution in [0.4, 0.5) is 17.1 Å². The van der Waals surface area contributed by atoms with E-state index < -0.39 is 5.41 Å². The van der Waals surface area contributed by atoms with E-state index in [-0.39, 0.29) is 0 Å². The molecule has 42 heavy (non-hydrogen) atoms. The largest absolute Gasteiger partial charge is 0.310 e. The van der Waals surface area contributed by atoms with Crippen LogP contribution in [0.3, 0.4) is 0 Å². The lowest BCUT2D eigenvalue weighted by molar-refractivity contribution is 0.837. The fraction of sp³-hybridized carbons (Fsp3) is 0.0732. The van der Waals surface area contributed by atoms with Crippen molar-refractivity contribution in [3.05, 3.63) is 185 Å². The van der Waals surface area contributed by atoms with Crippen LogP contribution in [0, 0.1) is 25.7 Å². The molecule has 0 saturated carbocycles. The Morgan fingerprint density at radius 2 is 1.05 bits per heavy atom. The highest BCUT2D eigenvalue weighted by atomic mass is 15.1. The van der Waals surface area contributed by atoms with Crippen molar-refractivity contribution in [2.24, 2.45) is 0 Å². The van der Waals surface area contributed by atoms with Gasteiger partial charge in [0.15, 0.2) is 0 Å². The molecule has 200 valence electrons. The van der Waals surface area contributed by atoms with Gasteiger partial charge in [0.2, 0.25) is 0 Å². The minimum atomic E-state index is -0.620. The summed E-state index contributed by atoms with van der Waals surface area (Å²) >= 11 is 0. The fourth-order valence-electron chi connectivity index (χ4n) is 6.20. The summed E-state index contributed by atoms with van der Waals surface area (Å²) in [6.07, 6.45) is 0. The van der Waals surface area contributed by atoms with Gasteiger partial charge in [-0.15, -0.1) is 0 Å². The van der Waals surface area contributed by atoms with Crippen LogP contribution >= 0.6 is 0 Å². The van der Waals surface area contributed by atoms with Crippen LogP contribution in [0.5, 0.6) is 0 Å². The Labute approximate surface area is 248 Å². The second-order valence-corrected chi connectivity index (χ2v) is 11.0. The molecule has 0 bridgehead atoms. The zero-order valence-electron chi connectivity index (χ0n) is 23.9. The molecule has 0 aromatic heterocycles. The number of benzene rings is 6. The van der Waals surface area contributed by atoms with E-state index in [0.717, 1.165) is 22.6 Å². The summed E-state index contributed by atoms with van der Waals surface area (Å²) in [5.41, 5.74) is 12.3. The van der Waals surface area contributed by atoms with E-state index in [1.807, 2.05) is 6.07 Å². The van der Waals surface area contributed by atoms with E-state index in [1.165, 1.54) is 38.9 Å². The number of rotatable bonds is 4. The molecule has 7 rings (SSSR count). The van der Waals surface area contributed by atoms with Gasteiger partial charge >= 0.3 is 0 Å². The number of fused-ring (bicyclic) bond motifs is 3.